The number of carbonyl (C=O) groups excluding carboxylic acids is 2. The molecule has 5 rings (SSSR count). The zero-order chi connectivity index (χ0) is 28.8. The van der Waals surface area contributed by atoms with Crippen LogP contribution < -0.4 is 0 Å². The van der Waals surface area contributed by atoms with Crippen molar-refractivity contribution in [2.45, 2.75) is 39.5 Å². The van der Waals surface area contributed by atoms with Crippen LogP contribution in [0.25, 0.3) is 10.8 Å². The van der Waals surface area contributed by atoms with Crippen molar-refractivity contribution in [3.8, 4) is 0 Å². The van der Waals surface area contributed by atoms with Gasteiger partial charge in [-0.25, -0.2) is 4.39 Å². The lowest BCUT2D eigenvalue weighted by atomic mass is 10.1. The van der Waals surface area contributed by atoms with Crippen LogP contribution in [0.4, 0.5) is 4.39 Å². The monoisotopic (exact) mass is 547 g/mol. The smallest absolute Gasteiger partial charge is 0.254 e. The molecule has 2 amide bonds. The van der Waals surface area contributed by atoms with E-state index >= 15 is 0 Å². The normalized spacial score (nSPS) is 11.1. The highest BCUT2D eigenvalue weighted by Crippen LogP contribution is 2.19. The number of amides is 2. The summed E-state index contributed by atoms with van der Waals surface area (Å²) in [5.74, 6) is -0.571. The number of hydrogen-bond acceptors (Lipinski definition) is 2. The summed E-state index contributed by atoms with van der Waals surface area (Å²) in [6.07, 6.45) is 1.97. The van der Waals surface area contributed by atoms with E-state index in [-0.39, 0.29) is 30.2 Å². The van der Waals surface area contributed by atoms with E-state index in [0.29, 0.717) is 25.2 Å². The van der Waals surface area contributed by atoms with Crippen LogP contribution >= 0.6 is 0 Å². The van der Waals surface area contributed by atoms with Gasteiger partial charge in [-0.3, -0.25) is 9.59 Å². The van der Waals surface area contributed by atoms with E-state index in [1.54, 1.807) is 21.9 Å². The topological polar surface area (TPSA) is 45.6 Å². The first-order chi connectivity index (χ1) is 19.9. The summed E-state index contributed by atoms with van der Waals surface area (Å²) in [7, 11) is 0. The third kappa shape index (κ3) is 6.90. The van der Waals surface area contributed by atoms with Crippen LogP contribution in [0.3, 0.4) is 0 Å². The van der Waals surface area contributed by atoms with Gasteiger partial charge in [0.05, 0.1) is 6.54 Å². The van der Waals surface area contributed by atoms with E-state index in [9.17, 15) is 14.0 Å². The number of fused-ring (bicyclic) bond motifs is 1. The summed E-state index contributed by atoms with van der Waals surface area (Å²) in [4.78, 5) is 31.0. The van der Waals surface area contributed by atoms with Crippen molar-refractivity contribution in [2.24, 2.45) is 0 Å². The van der Waals surface area contributed by atoms with Gasteiger partial charge in [-0.05, 0) is 72.1 Å². The molecule has 6 heteroatoms. The lowest BCUT2D eigenvalue weighted by Crippen LogP contribution is -2.45. The average molecular weight is 548 g/mol. The molecule has 0 N–H and O–H groups in total. The lowest BCUT2D eigenvalue weighted by molar-refractivity contribution is -0.133. The molecule has 0 aliphatic heterocycles. The summed E-state index contributed by atoms with van der Waals surface area (Å²) in [5.41, 5.74) is 3.50. The molecule has 0 saturated carbocycles. The van der Waals surface area contributed by atoms with Gasteiger partial charge in [-0.2, -0.15) is 0 Å². The van der Waals surface area contributed by atoms with E-state index < -0.39 is 0 Å². The molecule has 0 spiro atoms. The zero-order valence-corrected chi connectivity index (χ0v) is 23.4. The minimum Gasteiger partial charge on any atom is -0.345 e. The fraction of sp³-hybridized carbons (Fsp3) is 0.200. The lowest BCUT2D eigenvalue weighted by Gasteiger charge is -2.30. The molecule has 0 aliphatic rings. The maximum atomic E-state index is 13.9. The van der Waals surface area contributed by atoms with E-state index in [1.807, 2.05) is 105 Å². The van der Waals surface area contributed by atoms with Gasteiger partial charge < -0.3 is 14.4 Å². The fourth-order valence-electron chi connectivity index (χ4n) is 4.99. The Labute approximate surface area is 240 Å². The Morgan fingerprint density at radius 2 is 1.46 bits per heavy atom. The van der Waals surface area contributed by atoms with Crippen LogP contribution in [-0.4, -0.2) is 38.8 Å². The van der Waals surface area contributed by atoms with Gasteiger partial charge >= 0.3 is 0 Å². The second kappa shape index (κ2) is 12.6. The Kier molecular flexibility index (Phi) is 8.59. The molecule has 0 bridgehead atoms. The highest BCUT2D eigenvalue weighted by molar-refractivity contribution is 6.00. The largest absolute Gasteiger partial charge is 0.345 e. The molecule has 0 saturated heterocycles. The van der Waals surface area contributed by atoms with Crippen molar-refractivity contribution < 1.29 is 14.0 Å². The molecular weight excluding hydrogens is 513 g/mol. The van der Waals surface area contributed by atoms with E-state index in [0.717, 1.165) is 27.6 Å². The van der Waals surface area contributed by atoms with Crippen molar-refractivity contribution in [3.63, 3.8) is 0 Å². The number of rotatable bonds is 10. The van der Waals surface area contributed by atoms with Gasteiger partial charge in [0.25, 0.3) is 5.91 Å². The summed E-state index contributed by atoms with van der Waals surface area (Å²) in [5, 5.41) is 2.05. The summed E-state index contributed by atoms with van der Waals surface area (Å²) < 4.78 is 15.5. The number of carbonyl (C=O) groups is 2. The summed E-state index contributed by atoms with van der Waals surface area (Å²) in [6.45, 7) is 5.18. The van der Waals surface area contributed by atoms with Crippen molar-refractivity contribution >= 4 is 22.6 Å². The minimum atomic E-state index is -0.269. The Morgan fingerprint density at radius 3 is 2.20 bits per heavy atom. The van der Waals surface area contributed by atoms with Crippen LogP contribution in [0.15, 0.2) is 115 Å². The van der Waals surface area contributed by atoms with Crippen LogP contribution in [0.1, 0.15) is 41.0 Å². The fourth-order valence-corrected chi connectivity index (χ4v) is 4.99. The van der Waals surface area contributed by atoms with E-state index in [2.05, 4.69) is 4.57 Å². The maximum Gasteiger partial charge on any atom is 0.254 e. The maximum absolute atomic E-state index is 13.9. The van der Waals surface area contributed by atoms with Gasteiger partial charge in [0.15, 0.2) is 0 Å². The molecule has 4 aromatic carbocycles. The van der Waals surface area contributed by atoms with Crippen LogP contribution in [0.5, 0.6) is 0 Å². The second-order valence-corrected chi connectivity index (χ2v) is 10.6. The van der Waals surface area contributed by atoms with Crippen molar-refractivity contribution in [3.05, 3.63) is 144 Å². The second-order valence-electron chi connectivity index (χ2n) is 10.6. The average Bonchev–Trinajstić information content (AvgIpc) is 3.42. The van der Waals surface area contributed by atoms with E-state index in [4.69, 9.17) is 0 Å². The molecule has 0 fully saturated rings. The Hall–Kier alpha value is -4.71. The highest BCUT2D eigenvalue weighted by atomic mass is 19.1. The SMILES string of the molecule is CC(C)N(CC(=O)N(Cc1ccccc1)Cc1cccn1Cc1ccc(F)cc1)C(=O)c1ccc2ccccc2c1. The number of nitrogens with zero attached hydrogens (tertiary/aromatic N) is 3. The Bertz CT molecular complexity index is 1630. The Balaban J connectivity index is 1.38. The van der Waals surface area contributed by atoms with Gasteiger partial charge in [0, 0.05) is 36.6 Å². The molecule has 41 heavy (non-hydrogen) atoms. The third-order valence-corrected chi connectivity index (χ3v) is 7.30. The molecule has 0 unspecified atom stereocenters. The summed E-state index contributed by atoms with van der Waals surface area (Å²) in [6, 6.07) is 33.7. The molecule has 0 atom stereocenters. The van der Waals surface area contributed by atoms with Gasteiger partial charge in [0.2, 0.25) is 5.91 Å². The van der Waals surface area contributed by atoms with Gasteiger partial charge in [-0.1, -0.05) is 72.8 Å². The number of benzene rings is 4. The first kappa shape index (κ1) is 27.8. The molecule has 5 nitrogen and oxygen atoms in total. The molecular formula is C35H34FN3O2. The van der Waals surface area contributed by atoms with Crippen LogP contribution in [-0.2, 0) is 24.4 Å². The summed E-state index contributed by atoms with van der Waals surface area (Å²) >= 11 is 0. The molecule has 1 heterocycles. The molecule has 0 aliphatic carbocycles. The predicted molar refractivity (Wildman–Crippen MR) is 161 cm³/mol. The first-order valence-corrected chi connectivity index (χ1v) is 13.9. The van der Waals surface area contributed by atoms with Gasteiger partial charge in [-0.15, -0.1) is 0 Å². The molecule has 5 aromatic rings. The van der Waals surface area contributed by atoms with Crippen LogP contribution in [0, 0.1) is 5.82 Å². The highest BCUT2D eigenvalue weighted by Gasteiger charge is 2.25. The number of aromatic nitrogens is 1. The van der Waals surface area contributed by atoms with Gasteiger partial charge in [0.1, 0.15) is 12.4 Å². The number of halogens is 1. The molecule has 0 radical (unpaired) electrons. The first-order valence-electron chi connectivity index (χ1n) is 13.9. The standard InChI is InChI=1S/C35H34FN3O2/c1-26(2)39(35(41)31-17-16-29-11-6-7-12-30(29)21-31)25-34(40)38(23-27-9-4-3-5-10-27)24-33-13-8-20-37(33)22-28-14-18-32(36)19-15-28/h3-21,26H,22-25H2,1-2H3. The number of hydrogen-bond donors (Lipinski definition) is 0. The third-order valence-electron chi connectivity index (χ3n) is 7.30. The molecule has 1 aromatic heterocycles. The predicted octanol–water partition coefficient (Wildman–Crippen LogP) is 6.91. The Morgan fingerprint density at radius 1 is 0.756 bits per heavy atom. The van der Waals surface area contributed by atoms with Crippen molar-refractivity contribution in [1.82, 2.24) is 14.4 Å². The van der Waals surface area contributed by atoms with Crippen molar-refractivity contribution in [2.75, 3.05) is 6.54 Å². The minimum absolute atomic E-state index is 0.0329. The van der Waals surface area contributed by atoms with Crippen LogP contribution in [0.2, 0.25) is 0 Å². The van der Waals surface area contributed by atoms with Crippen molar-refractivity contribution in [1.29, 1.82) is 0 Å². The quantitative estimate of drug-likeness (QED) is 0.191. The zero-order valence-electron chi connectivity index (χ0n) is 23.4. The molecule has 208 valence electrons. The van der Waals surface area contributed by atoms with E-state index in [1.165, 1.54) is 12.1 Å².